The van der Waals surface area contributed by atoms with Gasteiger partial charge in [0.15, 0.2) is 0 Å². The molecule has 0 aliphatic carbocycles. The van der Waals surface area contributed by atoms with Crippen molar-refractivity contribution in [1.82, 2.24) is 9.55 Å². The Kier molecular flexibility index (Phi) is 3.88. The van der Waals surface area contributed by atoms with Crippen molar-refractivity contribution in [2.75, 3.05) is 12.0 Å². The molecule has 2 aromatic rings. The van der Waals surface area contributed by atoms with Gasteiger partial charge in [-0.1, -0.05) is 19.1 Å². The van der Waals surface area contributed by atoms with Gasteiger partial charge in [0, 0.05) is 18.7 Å². The van der Waals surface area contributed by atoms with Crippen LogP contribution in [0.3, 0.4) is 0 Å². The molecule has 16 heavy (non-hydrogen) atoms. The quantitative estimate of drug-likeness (QED) is 0.789. The number of hydrogen-bond acceptors (Lipinski definition) is 2. The molecule has 0 saturated heterocycles. The molecule has 0 aliphatic heterocycles. The van der Waals surface area contributed by atoms with Crippen LogP contribution in [0.15, 0.2) is 24.3 Å². The van der Waals surface area contributed by atoms with Gasteiger partial charge < -0.3 is 4.57 Å². The van der Waals surface area contributed by atoms with Crippen molar-refractivity contribution >= 4 is 22.8 Å². The number of aromatic nitrogens is 2. The van der Waals surface area contributed by atoms with E-state index in [1.165, 1.54) is 11.3 Å². The highest BCUT2D eigenvalue weighted by atomic mass is 32.2. The lowest BCUT2D eigenvalue weighted by Crippen LogP contribution is -2.05. The van der Waals surface area contributed by atoms with Crippen molar-refractivity contribution in [3.63, 3.8) is 0 Å². The van der Waals surface area contributed by atoms with Gasteiger partial charge in [0.2, 0.25) is 0 Å². The van der Waals surface area contributed by atoms with Crippen molar-refractivity contribution in [3.8, 4) is 0 Å². The molecule has 86 valence electrons. The zero-order chi connectivity index (χ0) is 11.4. The fourth-order valence-electron chi connectivity index (χ4n) is 1.97. The molecule has 3 heteroatoms. The number of aryl methyl sites for hydroxylation is 2. The number of fused-ring (bicyclic) bond motifs is 1. The standard InChI is InChI=1S/C13H18N2S/c1-3-6-13-14-11-7-4-5-8-12(11)15(13)9-10-16-2/h4-5,7-8H,3,6,9-10H2,1-2H3. The molecule has 0 unspecified atom stereocenters. The molecule has 0 radical (unpaired) electrons. The van der Waals surface area contributed by atoms with E-state index in [1.807, 2.05) is 11.8 Å². The van der Waals surface area contributed by atoms with Gasteiger partial charge in [-0.15, -0.1) is 0 Å². The number of nitrogens with zero attached hydrogens (tertiary/aromatic N) is 2. The van der Waals surface area contributed by atoms with Crippen LogP contribution in [0.1, 0.15) is 19.2 Å². The van der Waals surface area contributed by atoms with E-state index in [1.54, 1.807) is 0 Å². The molecule has 0 bridgehead atoms. The summed E-state index contributed by atoms with van der Waals surface area (Å²) >= 11 is 1.89. The first-order chi connectivity index (χ1) is 7.86. The summed E-state index contributed by atoms with van der Waals surface area (Å²) in [7, 11) is 0. The third-order valence-corrected chi connectivity index (χ3v) is 3.32. The molecule has 0 spiro atoms. The van der Waals surface area contributed by atoms with E-state index in [4.69, 9.17) is 4.98 Å². The van der Waals surface area contributed by atoms with Crippen molar-refractivity contribution in [2.45, 2.75) is 26.3 Å². The molecule has 1 heterocycles. The predicted molar refractivity (Wildman–Crippen MR) is 72.1 cm³/mol. The first-order valence-corrected chi connectivity index (χ1v) is 7.19. The minimum atomic E-state index is 1.07. The molecule has 0 atom stereocenters. The summed E-state index contributed by atoms with van der Waals surface area (Å²) in [5.41, 5.74) is 2.41. The van der Waals surface area contributed by atoms with Crippen LogP contribution >= 0.6 is 11.8 Å². The first-order valence-electron chi connectivity index (χ1n) is 5.80. The number of imidazole rings is 1. The molecular formula is C13H18N2S. The average molecular weight is 234 g/mol. The second-order valence-electron chi connectivity index (χ2n) is 3.91. The van der Waals surface area contributed by atoms with Gasteiger partial charge >= 0.3 is 0 Å². The Labute approximate surface area is 101 Å². The van der Waals surface area contributed by atoms with Gasteiger partial charge in [-0.3, -0.25) is 0 Å². The van der Waals surface area contributed by atoms with Gasteiger partial charge in [0.25, 0.3) is 0 Å². The number of para-hydroxylation sites is 2. The maximum absolute atomic E-state index is 4.71. The summed E-state index contributed by atoms with van der Waals surface area (Å²) in [5, 5.41) is 0. The molecule has 0 aliphatic rings. The molecule has 0 fully saturated rings. The van der Waals surface area contributed by atoms with Crippen LogP contribution in [0.2, 0.25) is 0 Å². The number of thioether (sulfide) groups is 1. The van der Waals surface area contributed by atoms with E-state index >= 15 is 0 Å². The second kappa shape index (κ2) is 5.39. The maximum atomic E-state index is 4.71. The summed E-state index contributed by atoms with van der Waals surface area (Å²) in [6, 6.07) is 8.42. The smallest absolute Gasteiger partial charge is 0.109 e. The van der Waals surface area contributed by atoms with Crippen LogP contribution in [0, 0.1) is 0 Å². The van der Waals surface area contributed by atoms with Crippen LogP contribution in [0.5, 0.6) is 0 Å². The van der Waals surface area contributed by atoms with Crippen molar-refractivity contribution in [2.24, 2.45) is 0 Å². The lowest BCUT2D eigenvalue weighted by Gasteiger charge is -2.07. The van der Waals surface area contributed by atoms with Gasteiger partial charge in [0.1, 0.15) is 5.82 Å². The van der Waals surface area contributed by atoms with Crippen molar-refractivity contribution in [3.05, 3.63) is 30.1 Å². The minimum absolute atomic E-state index is 1.07. The number of rotatable bonds is 5. The van der Waals surface area contributed by atoms with E-state index in [0.29, 0.717) is 0 Å². The molecule has 2 nitrogen and oxygen atoms in total. The Hall–Kier alpha value is -0.960. The second-order valence-corrected chi connectivity index (χ2v) is 4.90. The normalized spacial score (nSPS) is 11.1. The van der Waals surface area contributed by atoms with Gasteiger partial charge in [-0.25, -0.2) is 4.98 Å². The molecule has 0 saturated carbocycles. The largest absolute Gasteiger partial charge is 0.327 e. The third-order valence-electron chi connectivity index (χ3n) is 2.73. The molecular weight excluding hydrogens is 216 g/mol. The Balaban J connectivity index is 2.42. The monoisotopic (exact) mass is 234 g/mol. The fourth-order valence-corrected chi connectivity index (χ4v) is 2.34. The van der Waals surface area contributed by atoms with Gasteiger partial charge in [-0.2, -0.15) is 11.8 Å². The van der Waals surface area contributed by atoms with Gasteiger partial charge in [0.05, 0.1) is 11.0 Å². The maximum Gasteiger partial charge on any atom is 0.109 e. The van der Waals surface area contributed by atoms with Crippen LogP contribution in [0.4, 0.5) is 0 Å². The molecule has 1 aromatic heterocycles. The summed E-state index contributed by atoms with van der Waals surface area (Å²) in [6.45, 7) is 3.27. The van der Waals surface area contributed by atoms with Gasteiger partial charge in [-0.05, 0) is 24.8 Å². The first kappa shape index (κ1) is 11.5. The topological polar surface area (TPSA) is 17.8 Å². The van der Waals surface area contributed by atoms with Crippen molar-refractivity contribution in [1.29, 1.82) is 0 Å². The van der Waals surface area contributed by atoms with E-state index < -0.39 is 0 Å². The Morgan fingerprint density at radius 2 is 2.12 bits per heavy atom. The number of benzene rings is 1. The van der Waals surface area contributed by atoms with E-state index in [2.05, 4.69) is 42.0 Å². The number of hydrogen-bond donors (Lipinski definition) is 0. The fraction of sp³-hybridized carbons (Fsp3) is 0.462. The minimum Gasteiger partial charge on any atom is -0.327 e. The van der Waals surface area contributed by atoms with E-state index in [-0.39, 0.29) is 0 Å². The van der Waals surface area contributed by atoms with E-state index in [0.717, 1.165) is 30.7 Å². The van der Waals surface area contributed by atoms with Crippen LogP contribution in [0.25, 0.3) is 11.0 Å². The third kappa shape index (κ3) is 2.24. The zero-order valence-electron chi connectivity index (χ0n) is 9.94. The molecule has 1 aromatic carbocycles. The summed E-state index contributed by atoms with van der Waals surface area (Å²) < 4.78 is 2.37. The lowest BCUT2D eigenvalue weighted by atomic mass is 10.3. The van der Waals surface area contributed by atoms with Crippen LogP contribution in [-0.4, -0.2) is 21.6 Å². The highest BCUT2D eigenvalue weighted by Crippen LogP contribution is 2.17. The Morgan fingerprint density at radius 3 is 2.88 bits per heavy atom. The van der Waals surface area contributed by atoms with Crippen molar-refractivity contribution < 1.29 is 0 Å². The Morgan fingerprint density at radius 1 is 1.31 bits per heavy atom. The highest BCUT2D eigenvalue weighted by molar-refractivity contribution is 7.98. The SMILES string of the molecule is CCCc1nc2ccccc2n1CCSC. The lowest BCUT2D eigenvalue weighted by molar-refractivity contribution is 0.706. The average Bonchev–Trinajstić information content (AvgIpc) is 2.65. The Bertz CT molecular complexity index is 462. The summed E-state index contributed by atoms with van der Waals surface area (Å²) in [5.74, 6) is 2.38. The van der Waals surface area contributed by atoms with Crippen LogP contribution < -0.4 is 0 Å². The molecule has 0 N–H and O–H groups in total. The molecule has 2 rings (SSSR count). The van der Waals surface area contributed by atoms with Crippen LogP contribution in [-0.2, 0) is 13.0 Å². The van der Waals surface area contributed by atoms with E-state index in [9.17, 15) is 0 Å². The highest BCUT2D eigenvalue weighted by Gasteiger charge is 2.08. The summed E-state index contributed by atoms with van der Waals surface area (Å²) in [6.07, 6.45) is 4.38. The summed E-state index contributed by atoms with van der Waals surface area (Å²) in [4.78, 5) is 4.71. The predicted octanol–water partition coefficient (Wildman–Crippen LogP) is 3.35. The zero-order valence-corrected chi connectivity index (χ0v) is 10.8. The molecule has 0 amide bonds.